The Kier molecular flexibility index (Phi) is 5.06. The van der Waals surface area contributed by atoms with Crippen LogP contribution in [0, 0.1) is 0 Å². The number of hydrogen-bond acceptors (Lipinski definition) is 4. The van der Waals surface area contributed by atoms with Crippen LogP contribution in [0.4, 0.5) is 0 Å². The molecule has 28 heavy (non-hydrogen) atoms. The third-order valence-electron chi connectivity index (χ3n) is 5.17. The number of nitrogens with zero attached hydrogens (tertiary/aromatic N) is 1. The summed E-state index contributed by atoms with van der Waals surface area (Å²) in [5, 5.41) is 1.02. The predicted molar refractivity (Wildman–Crippen MR) is 108 cm³/mol. The molecule has 0 aliphatic carbocycles. The first-order valence-corrected chi connectivity index (χ1v) is 9.39. The van der Waals surface area contributed by atoms with Crippen LogP contribution in [0.25, 0.3) is 17.0 Å². The van der Waals surface area contributed by atoms with E-state index in [0.717, 1.165) is 47.4 Å². The van der Waals surface area contributed by atoms with Gasteiger partial charge in [0.05, 0.1) is 20.3 Å². The Balaban J connectivity index is 1.55. The average Bonchev–Trinajstić information content (AvgIpc) is 3.38. The molecule has 0 N–H and O–H groups in total. The van der Waals surface area contributed by atoms with E-state index in [-0.39, 0.29) is 11.9 Å². The highest BCUT2D eigenvalue weighted by Crippen LogP contribution is 2.38. The molecule has 0 bridgehead atoms. The molecular formula is C23H23NO4. The normalized spacial score (nSPS) is 16.8. The highest BCUT2D eigenvalue weighted by molar-refractivity contribution is 5.92. The molecule has 1 aromatic heterocycles. The molecule has 0 spiro atoms. The molecule has 1 aliphatic rings. The van der Waals surface area contributed by atoms with Crippen molar-refractivity contribution in [2.45, 2.75) is 18.9 Å². The molecule has 1 saturated heterocycles. The van der Waals surface area contributed by atoms with E-state index in [1.807, 2.05) is 53.4 Å². The lowest BCUT2D eigenvalue weighted by atomic mass is 10.0. The molecular weight excluding hydrogens is 354 g/mol. The lowest BCUT2D eigenvalue weighted by Crippen LogP contribution is -2.29. The summed E-state index contributed by atoms with van der Waals surface area (Å²) >= 11 is 0. The van der Waals surface area contributed by atoms with E-state index in [4.69, 9.17) is 13.9 Å². The van der Waals surface area contributed by atoms with E-state index in [2.05, 4.69) is 0 Å². The van der Waals surface area contributed by atoms with E-state index in [9.17, 15) is 4.79 Å². The van der Waals surface area contributed by atoms with Gasteiger partial charge in [0.2, 0.25) is 5.91 Å². The number of benzene rings is 2. The topological polar surface area (TPSA) is 51.9 Å². The fourth-order valence-electron chi connectivity index (χ4n) is 3.78. The molecule has 1 amide bonds. The van der Waals surface area contributed by atoms with Gasteiger partial charge in [-0.3, -0.25) is 4.79 Å². The van der Waals surface area contributed by atoms with Crippen molar-refractivity contribution in [1.82, 2.24) is 4.90 Å². The Bertz CT molecular complexity index is 987. The van der Waals surface area contributed by atoms with Gasteiger partial charge in [0.25, 0.3) is 0 Å². The van der Waals surface area contributed by atoms with Crippen molar-refractivity contribution in [1.29, 1.82) is 0 Å². The Morgan fingerprint density at radius 1 is 1.14 bits per heavy atom. The second kappa shape index (κ2) is 7.80. The zero-order valence-electron chi connectivity index (χ0n) is 16.1. The molecule has 1 unspecified atom stereocenters. The van der Waals surface area contributed by atoms with Crippen molar-refractivity contribution in [3.05, 3.63) is 65.9 Å². The molecule has 4 rings (SSSR count). The van der Waals surface area contributed by atoms with Gasteiger partial charge in [-0.1, -0.05) is 18.2 Å². The fraction of sp³-hybridized carbons (Fsp3) is 0.261. The van der Waals surface area contributed by atoms with Crippen LogP contribution in [-0.4, -0.2) is 31.6 Å². The number of furan rings is 1. The predicted octanol–water partition coefficient (Wildman–Crippen LogP) is 4.83. The smallest absolute Gasteiger partial charge is 0.247 e. The summed E-state index contributed by atoms with van der Waals surface area (Å²) in [7, 11) is 3.27. The minimum atomic E-state index is -0.0270. The number of fused-ring (bicyclic) bond motifs is 1. The zero-order chi connectivity index (χ0) is 19.5. The maximum atomic E-state index is 12.9. The van der Waals surface area contributed by atoms with Gasteiger partial charge in [-0.25, -0.2) is 0 Å². The summed E-state index contributed by atoms with van der Waals surface area (Å²) in [6.07, 6.45) is 5.20. The Morgan fingerprint density at radius 3 is 2.79 bits per heavy atom. The Labute approximate surface area is 164 Å². The van der Waals surface area contributed by atoms with Crippen molar-refractivity contribution in [3.63, 3.8) is 0 Å². The number of methoxy groups -OCH3 is 2. The number of para-hydroxylation sites is 1. The maximum absolute atomic E-state index is 12.9. The second-order valence-electron chi connectivity index (χ2n) is 6.82. The van der Waals surface area contributed by atoms with E-state index in [1.54, 1.807) is 26.4 Å². The number of rotatable bonds is 5. The lowest BCUT2D eigenvalue weighted by Gasteiger charge is -2.25. The van der Waals surface area contributed by atoms with Gasteiger partial charge in [-0.15, -0.1) is 0 Å². The molecule has 2 heterocycles. The largest absolute Gasteiger partial charge is 0.497 e. The molecule has 0 radical (unpaired) electrons. The number of likely N-dealkylation sites (tertiary alicyclic amines) is 1. The fourth-order valence-corrected chi connectivity index (χ4v) is 3.78. The molecule has 1 fully saturated rings. The number of ether oxygens (including phenoxy) is 2. The van der Waals surface area contributed by atoms with Crippen LogP contribution in [0.3, 0.4) is 0 Å². The monoisotopic (exact) mass is 377 g/mol. The van der Waals surface area contributed by atoms with Crippen molar-refractivity contribution < 1.29 is 18.7 Å². The molecule has 5 heteroatoms. The van der Waals surface area contributed by atoms with Crippen LogP contribution in [0.15, 0.2) is 59.0 Å². The van der Waals surface area contributed by atoms with E-state index in [0.29, 0.717) is 5.76 Å². The van der Waals surface area contributed by atoms with Crippen molar-refractivity contribution in [3.8, 4) is 11.5 Å². The Hall–Kier alpha value is -3.21. The quantitative estimate of drug-likeness (QED) is 0.598. The lowest BCUT2D eigenvalue weighted by molar-refractivity contribution is -0.126. The van der Waals surface area contributed by atoms with Gasteiger partial charge in [0.15, 0.2) is 0 Å². The summed E-state index contributed by atoms with van der Waals surface area (Å²) in [6, 6.07) is 15.5. The standard InChI is InChI=1S/C23H23NO4/c1-26-17-9-11-19(22(15-17)27-2)20-7-5-13-24(20)23(25)12-10-18-14-16-6-3-4-8-21(16)28-18/h3-4,6,8-12,14-15,20H,5,7,13H2,1-2H3/b12-10+. The number of carbonyl (C=O) groups is 1. The van der Waals surface area contributed by atoms with Crippen molar-refractivity contribution >= 4 is 23.0 Å². The number of hydrogen-bond donors (Lipinski definition) is 0. The van der Waals surface area contributed by atoms with Crippen LogP contribution in [0.1, 0.15) is 30.2 Å². The van der Waals surface area contributed by atoms with Crippen molar-refractivity contribution in [2.24, 2.45) is 0 Å². The molecule has 2 aromatic carbocycles. The van der Waals surface area contributed by atoms with Gasteiger partial charge in [0.1, 0.15) is 22.8 Å². The Morgan fingerprint density at radius 2 is 2.00 bits per heavy atom. The van der Waals surface area contributed by atoms with E-state index >= 15 is 0 Å². The van der Waals surface area contributed by atoms with Gasteiger partial charge in [-0.2, -0.15) is 0 Å². The van der Waals surface area contributed by atoms with Crippen LogP contribution in [0.5, 0.6) is 11.5 Å². The second-order valence-corrected chi connectivity index (χ2v) is 6.82. The van der Waals surface area contributed by atoms with Gasteiger partial charge in [-0.05, 0) is 43.2 Å². The first-order chi connectivity index (χ1) is 13.7. The molecule has 3 aromatic rings. The molecule has 1 atom stereocenters. The highest BCUT2D eigenvalue weighted by Gasteiger charge is 2.31. The van der Waals surface area contributed by atoms with Crippen molar-refractivity contribution in [2.75, 3.05) is 20.8 Å². The van der Waals surface area contributed by atoms with Crippen LogP contribution >= 0.6 is 0 Å². The third-order valence-corrected chi connectivity index (χ3v) is 5.17. The van der Waals surface area contributed by atoms with Gasteiger partial charge < -0.3 is 18.8 Å². The molecule has 0 saturated carbocycles. The summed E-state index contributed by atoms with van der Waals surface area (Å²) < 4.78 is 16.6. The maximum Gasteiger partial charge on any atom is 0.247 e. The van der Waals surface area contributed by atoms with Crippen LogP contribution in [-0.2, 0) is 4.79 Å². The molecule has 1 aliphatic heterocycles. The van der Waals surface area contributed by atoms with Crippen LogP contribution < -0.4 is 9.47 Å². The minimum Gasteiger partial charge on any atom is -0.497 e. The summed E-state index contributed by atoms with van der Waals surface area (Å²) in [6.45, 7) is 0.725. The van der Waals surface area contributed by atoms with Crippen LogP contribution in [0.2, 0.25) is 0 Å². The highest BCUT2D eigenvalue weighted by atomic mass is 16.5. The zero-order valence-corrected chi connectivity index (χ0v) is 16.1. The number of amides is 1. The first-order valence-electron chi connectivity index (χ1n) is 9.39. The first kappa shape index (κ1) is 18.2. The van der Waals surface area contributed by atoms with E-state index < -0.39 is 0 Å². The molecule has 144 valence electrons. The summed E-state index contributed by atoms with van der Waals surface area (Å²) in [5.41, 5.74) is 1.82. The third kappa shape index (κ3) is 3.48. The van der Waals surface area contributed by atoms with E-state index in [1.165, 1.54) is 0 Å². The van der Waals surface area contributed by atoms with Gasteiger partial charge in [0, 0.05) is 29.6 Å². The van der Waals surface area contributed by atoms with Gasteiger partial charge >= 0.3 is 0 Å². The molecule has 5 nitrogen and oxygen atoms in total. The average molecular weight is 377 g/mol. The SMILES string of the molecule is COc1ccc(C2CCCN2C(=O)/C=C/c2cc3ccccc3o2)c(OC)c1. The summed E-state index contributed by atoms with van der Waals surface area (Å²) in [4.78, 5) is 14.8. The number of carbonyl (C=O) groups excluding carboxylic acids is 1. The minimum absolute atomic E-state index is 0.00585. The summed E-state index contributed by atoms with van der Waals surface area (Å²) in [5.74, 6) is 2.12.